The van der Waals surface area contributed by atoms with Gasteiger partial charge in [0, 0.05) is 17.5 Å². The molecule has 208 valence electrons. The number of amides is 1. The van der Waals surface area contributed by atoms with Crippen LogP contribution in [0, 0.1) is 0 Å². The Morgan fingerprint density at radius 3 is 2.44 bits per heavy atom. The van der Waals surface area contributed by atoms with Crippen LogP contribution in [0.25, 0.3) is 11.1 Å². The Bertz CT molecular complexity index is 1260. The summed E-state index contributed by atoms with van der Waals surface area (Å²) in [6, 6.07) is 15.6. The number of rotatable bonds is 12. The minimum absolute atomic E-state index is 0.109. The molecule has 3 aromatic rings. The summed E-state index contributed by atoms with van der Waals surface area (Å²) in [7, 11) is 1.38. The van der Waals surface area contributed by atoms with Crippen LogP contribution in [-0.4, -0.2) is 60.4 Å². The van der Waals surface area contributed by atoms with Gasteiger partial charge in [0.1, 0.15) is 0 Å². The molecule has 0 aliphatic rings. The number of halogens is 1. The normalized spacial score (nSPS) is 12.4. The van der Waals surface area contributed by atoms with Crippen LogP contribution in [0.3, 0.4) is 0 Å². The Labute approximate surface area is 229 Å². The standard InChI is InChI=1S/C27H29ClN2O9/c1-16(2)38-27(34)37-15-36-26(33)22(31)13-21(29-25(32)23-14-24(35-3)30-39-23)11-17-7-9-18(10-8-17)19-5-4-6-20(28)12-19/h4-10,12,14,16,21-22,31H,11,13,15H2,1-3H3,(H,29,32)/t21-,22-/m1/s1. The van der Waals surface area contributed by atoms with Gasteiger partial charge in [0.25, 0.3) is 11.8 Å². The molecule has 1 amide bonds. The van der Waals surface area contributed by atoms with Gasteiger partial charge in [-0.25, -0.2) is 9.59 Å². The second kappa shape index (κ2) is 14.2. The maximum atomic E-state index is 12.7. The van der Waals surface area contributed by atoms with Crippen molar-refractivity contribution >= 4 is 29.6 Å². The molecule has 2 N–H and O–H groups in total. The predicted molar refractivity (Wildman–Crippen MR) is 139 cm³/mol. The van der Waals surface area contributed by atoms with Gasteiger partial charge in [0.2, 0.25) is 12.6 Å². The molecule has 0 radical (unpaired) electrons. The van der Waals surface area contributed by atoms with E-state index in [4.69, 9.17) is 30.3 Å². The second-order valence-corrected chi connectivity index (χ2v) is 9.15. The van der Waals surface area contributed by atoms with E-state index in [-0.39, 0.29) is 24.5 Å². The number of hydrogen-bond acceptors (Lipinski definition) is 10. The van der Waals surface area contributed by atoms with Crippen LogP contribution in [0.15, 0.2) is 59.1 Å². The molecule has 0 unspecified atom stereocenters. The summed E-state index contributed by atoms with van der Waals surface area (Å²) >= 11 is 6.09. The molecule has 0 saturated heterocycles. The first kappa shape index (κ1) is 29.5. The Morgan fingerprint density at radius 2 is 1.79 bits per heavy atom. The lowest BCUT2D eigenvalue weighted by atomic mass is 9.97. The molecule has 1 aromatic heterocycles. The molecule has 0 aliphatic heterocycles. The summed E-state index contributed by atoms with van der Waals surface area (Å²) in [6.07, 6.45) is -3.00. The van der Waals surface area contributed by atoms with Crippen LogP contribution in [0.1, 0.15) is 36.4 Å². The molecule has 39 heavy (non-hydrogen) atoms. The fourth-order valence-corrected chi connectivity index (χ4v) is 3.71. The number of nitrogens with one attached hydrogen (secondary N) is 1. The number of esters is 1. The molecule has 0 saturated carbocycles. The number of hydrogen-bond donors (Lipinski definition) is 2. The Morgan fingerprint density at radius 1 is 1.05 bits per heavy atom. The van der Waals surface area contributed by atoms with Gasteiger partial charge < -0.3 is 33.9 Å². The second-order valence-electron chi connectivity index (χ2n) is 8.71. The van der Waals surface area contributed by atoms with E-state index in [1.807, 2.05) is 42.5 Å². The van der Waals surface area contributed by atoms with Crippen LogP contribution in [0.5, 0.6) is 5.88 Å². The molecule has 0 fully saturated rings. The van der Waals surface area contributed by atoms with Crippen molar-refractivity contribution in [3.63, 3.8) is 0 Å². The summed E-state index contributed by atoms with van der Waals surface area (Å²) in [5.74, 6) is -1.65. The number of methoxy groups -OCH3 is 1. The average Bonchev–Trinajstić information content (AvgIpc) is 3.38. The maximum absolute atomic E-state index is 12.7. The predicted octanol–water partition coefficient (Wildman–Crippen LogP) is 4.16. The van der Waals surface area contributed by atoms with Crippen LogP contribution in [0.4, 0.5) is 4.79 Å². The Hall–Kier alpha value is -4.09. The van der Waals surface area contributed by atoms with Crippen molar-refractivity contribution in [2.45, 2.75) is 44.9 Å². The van der Waals surface area contributed by atoms with E-state index in [2.05, 4.69) is 15.2 Å². The third-order valence-corrected chi connectivity index (χ3v) is 5.58. The lowest BCUT2D eigenvalue weighted by molar-refractivity contribution is -0.164. The zero-order chi connectivity index (χ0) is 28.4. The lowest BCUT2D eigenvalue weighted by Gasteiger charge is -2.21. The average molecular weight is 561 g/mol. The van der Waals surface area contributed by atoms with Crippen molar-refractivity contribution in [2.24, 2.45) is 0 Å². The number of carbonyl (C=O) groups excluding carboxylic acids is 3. The third-order valence-electron chi connectivity index (χ3n) is 5.34. The fraction of sp³-hybridized carbons (Fsp3) is 0.333. The monoisotopic (exact) mass is 560 g/mol. The van der Waals surface area contributed by atoms with Gasteiger partial charge in [-0.1, -0.05) is 48.0 Å². The van der Waals surface area contributed by atoms with Crippen LogP contribution < -0.4 is 10.1 Å². The van der Waals surface area contributed by atoms with Gasteiger partial charge in [-0.15, -0.1) is 0 Å². The van der Waals surface area contributed by atoms with Crippen molar-refractivity contribution in [3.05, 3.63) is 70.9 Å². The minimum atomic E-state index is -1.63. The third kappa shape index (κ3) is 9.31. The van der Waals surface area contributed by atoms with Crippen molar-refractivity contribution in [3.8, 4) is 17.0 Å². The lowest BCUT2D eigenvalue weighted by Crippen LogP contribution is -2.41. The number of aromatic nitrogens is 1. The highest BCUT2D eigenvalue weighted by Crippen LogP contribution is 2.24. The molecule has 1 heterocycles. The van der Waals surface area contributed by atoms with Crippen molar-refractivity contribution < 1.29 is 43.0 Å². The number of ether oxygens (including phenoxy) is 4. The zero-order valence-electron chi connectivity index (χ0n) is 21.6. The van der Waals surface area contributed by atoms with Crippen LogP contribution >= 0.6 is 11.6 Å². The molecule has 2 atom stereocenters. The number of nitrogens with zero attached hydrogens (tertiary/aromatic N) is 1. The first-order chi connectivity index (χ1) is 18.6. The van der Waals surface area contributed by atoms with Gasteiger partial charge in [-0.05, 0) is 54.2 Å². The van der Waals surface area contributed by atoms with Crippen LogP contribution in [-0.2, 0) is 25.4 Å². The largest absolute Gasteiger partial charge is 0.511 e. The smallest absolute Gasteiger partial charge is 0.479 e. The van der Waals surface area contributed by atoms with E-state index in [9.17, 15) is 19.5 Å². The van der Waals surface area contributed by atoms with Crippen molar-refractivity contribution in [1.29, 1.82) is 0 Å². The van der Waals surface area contributed by atoms with Gasteiger partial charge >= 0.3 is 12.1 Å². The summed E-state index contributed by atoms with van der Waals surface area (Å²) in [5.41, 5.74) is 2.70. The fourth-order valence-electron chi connectivity index (χ4n) is 3.52. The van der Waals surface area contributed by atoms with E-state index >= 15 is 0 Å². The number of benzene rings is 2. The maximum Gasteiger partial charge on any atom is 0.511 e. The Balaban J connectivity index is 1.67. The minimum Gasteiger partial charge on any atom is -0.479 e. The van der Waals surface area contributed by atoms with Crippen molar-refractivity contribution in [1.82, 2.24) is 10.5 Å². The number of carbonyl (C=O) groups is 3. The van der Waals surface area contributed by atoms with E-state index in [1.54, 1.807) is 19.9 Å². The molecule has 0 aliphatic carbocycles. The first-order valence-electron chi connectivity index (χ1n) is 12.0. The highest BCUT2D eigenvalue weighted by Gasteiger charge is 2.26. The topological polar surface area (TPSA) is 146 Å². The molecule has 12 heteroatoms. The van der Waals surface area contributed by atoms with E-state index < -0.39 is 43.1 Å². The highest BCUT2D eigenvalue weighted by atomic mass is 35.5. The van der Waals surface area contributed by atoms with Crippen molar-refractivity contribution in [2.75, 3.05) is 13.9 Å². The van der Waals surface area contributed by atoms with E-state index in [0.717, 1.165) is 16.7 Å². The zero-order valence-corrected chi connectivity index (χ0v) is 22.3. The SMILES string of the molecule is COc1cc(C(=O)N[C@H](Cc2ccc(-c3cccc(Cl)c3)cc2)C[C@@H](O)C(=O)OCOC(=O)OC(C)C)on1. The summed E-state index contributed by atoms with van der Waals surface area (Å²) < 4.78 is 24.1. The molecular formula is C27H29ClN2O9. The molecule has 3 rings (SSSR count). The van der Waals surface area contributed by atoms with Crippen LogP contribution in [0.2, 0.25) is 5.02 Å². The molecule has 11 nitrogen and oxygen atoms in total. The summed E-state index contributed by atoms with van der Waals surface area (Å²) in [4.78, 5) is 36.5. The van der Waals surface area contributed by atoms with E-state index in [1.165, 1.54) is 13.2 Å². The van der Waals surface area contributed by atoms with Gasteiger partial charge in [0.05, 0.1) is 19.3 Å². The molecule has 2 aromatic carbocycles. The van der Waals surface area contributed by atoms with E-state index in [0.29, 0.717) is 5.02 Å². The highest BCUT2D eigenvalue weighted by molar-refractivity contribution is 6.30. The number of aliphatic hydroxyl groups excluding tert-OH is 1. The quantitative estimate of drug-likeness (QED) is 0.244. The van der Waals surface area contributed by atoms with Gasteiger partial charge in [-0.2, -0.15) is 0 Å². The van der Waals surface area contributed by atoms with Gasteiger partial charge in [0.15, 0.2) is 6.10 Å². The van der Waals surface area contributed by atoms with Gasteiger partial charge in [-0.3, -0.25) is 4.79 Å². The summed E-state index contributed by atoms with van der Waals surface area (Å²) in [5, 5.41) is 17.4. The first-order valence-corrected chi connectivity index (χ1v) is 12.4. The summed E-state index contributed by atoms with van der Waals surface area (Å²) in [6.45, 7) is 2.53. The number of aliphatic hydroxyl groups is 1. The molecule has 0 bridgehead atoms. The Kier molecular flexibility index (Phi) is 10.7. The molecular weight excluding hydrogens is 532 g/mol. The molecule has 0 spiro atoms.